The van der Waals surface area contributed by atoms with E-state index in [1.54, 1.807) is 44.2 Å². The number of hydrogen-bond donors (Lipinski definition) is 0. The van der Waals surface area contributed by atoms with Gasteiger partial charge >= 0.3 is 0 Å². The van der Waals surface area contributed by atoms with Gasteiger partial charge in [0.1, 0.15) is 0 Å². The fraction of sp³-hybridized carbons (Fsp3) is 0.167. The number of carbonyl (C=O) groups is 1. The second-order valence-corrected chi connectivity index (χ2v) is 7.08. The fourth-order valence-corrected chi connectivity index (χ4v) is 3.99. The van der Waals surface area contributed by atoms with Crippen LogP contribution >= 0.6 is 0 Å². The molecule has 0 aliphatic rings. The summed E-state index contributed by atoms with van der Waals surface area (Å²) in [6.45, 7) is 5.45. The predicted molar refractivity (Wildman–Crippen MR) is 87.8 cm³/mol. The molecule has 0 bridgehead atoms. The van der Waals surface area contributed by atoms with E-state index < -0.39 is 9.84 Å². The number of rotatable bonds is 4. The van der Waals surface area contributed by atoms with Gasteiger partial charge in [-0.2, -0.15) is 0 Å². The van der Waals surface area contributed by atoms with Crippen molar-refractivity contribution in [3.05, 3.63) is 76.2 Å². The van der Waals surface area contributed by atoms with E-state index in [-0.39, 0.29) is 10.7 Å². The fourth-order valence-electron chi connectivity index (χ4n) is 2.53. The van der Waals surface area contributed by atoms with Gasteiger partial charge in [0.25, 0.3) is 0 Å². The summed E-state index contributed by atoms with van der Waals surface area (Å²) in [5, 5.41) is 0.993. The van der Waals surface area contributed by atoms with Gasteiger partial charge in [-0.15, -0.1) is 0 Å². The Morgan fingerprint density at radius 2 is 1.50 bits per heavy atom. The number of aryl methyl sites for hydroxylation is 3. The topological polar surface area (TPSA) is 51.2 Å². The summed E-state index contributed by atoms with van der Waals surface area (Å²) >= 11 is 0. The second kappa shape index (κ2) is 6.28. The minimum Gasteiger partial charge on any atom is -0.289 e. The number of hydrogen-bond acceptors (Lipinski definition) is 3. The Labute approximate surface area is 131 Å². The monoisotopic (exact) mass is 314 g/mol. The molecule has 0 heterocycles. The Balaban J connectivity index is 2.37. The average molecular weight is 314 g/mol. The standard InChI is InChI=1S/C18H18O3S/c1-13-11-14(2)18(15(3)12-13)22(20,21)10-9-17(19)16-7-5-4-6-8-16/h4-12H,1-3H3/b10-9+. The molecule has 0 saturated carbocycles. The first-order valence-electron chi connectivity index (χ1n) is 6.91. The highest BCUT2D eigenvalue weighted by atomic mass is 32.2. The summed E-state index contributed by atoms with van der Waals surface area (Å²) in [6, 6.07) is 12.2. The zero-order valence-corrected chi connectivity index (χ0v) is 13.6. The molecule has 22 heavy (non-hydrogen) atoms. The highest BCUT2D eigenvalue weighted by Gasteiger charge is 2.17. The number of allylic oxidation sites excluding steroid dienone is 1. The van der Waals surface area contributed by atoms with Crippen LogP contribution in [0.5, 0.6) is 0 Å². The van der Waals surface area contributed by atoms with Crippen molar-refractivity contribution >= 4 is 15.6 Å². The lowest BCUT2D eigenvalue weighted by Gasteiger charge is -2.09. The number of carbonyl (C=O) groups excluding carboxylic acids is 1. The van der Waals surface area contributed by atoms with Gasteiger partial charge in [0.05, 0.1) is 4.90 Å². The predicted octanol–water partition coefficient (Wildman–Crippen LogP) is 3.78. The van der Waals surface area contributed by atoms with Gasteiger partial charge in [0.2, 0.25) is 0 Å². The van der Waals surface area contributed by atoms with E-state index in [0.29, 0.717) is 16.7 Å². The molecule has 0 atom stereocenters. The van der Waals surface area contributed by atoms with Crippen molar-refractivity contribution < 1.29 is 13.2 Å². The van der Waals surface area contributed by atoms with Crippen molar-refractivity contribution in [1.82, 2.24) is 0 Å². The second-order valence-electron chi connectivity index (χ2n) is 5.31. The Morgan fingerprint density at radius 1 is 0.955 bits per heavy atom. The molecule has 0 fully saturated rings. The maximum atomic E-state index is 12.5. The molecule has 0 aliphatic carbocycles. The van der Waals surface area contributed by atoms with E-state index in [4.69, 9.17) is 0 Å². The van der Waals surface area contributed by atoms with Crippen molar-refractivity contribution in [2.24, 2.45) is 0 Å². The molecule has 0 unspecified atom stereocenters. The van der Waals surface area contributed by atoms with Crippen LogP contribution in [-0.4, -0.2) is 14.2 Å². The van der Waals surface area contributed by atoms with Gasteiger partial charge < -0.3 is 0 Å². The molecule has 114 valence electrons. The van der Waals surface area contributed by atoms with E-state index in [9.17, 15) is 13.2 Å². The van der Waals surface area contributed by atoms with Gasteiger partial charge in [-0.05, 0) is 38.0 Å². The van der Waals surface area contributed by atoms with Crippen LogP contribution < -0.4 is 0 Å². The molecule has 2 rings (SSSR count). The van der Waals surface area contributed by atoms with Crippen LogP contribution in [0.15, 0.2) is 58.8 Å². The van der Waals surface area contributed by atoms with Gasteiger partial charge in [-0.1, -0.05) is 48.0 Å². The minimum absolute atomic E-state index is 0.273. The quantitative estimate of drug-likeness (QED) is 0.637. The molecule has 0 aliphatic heterocycles. The lowest BCUT2D eigenvalue weighted by Crippen LogP contribution is -2.04. The molecule has 3 nitrogen and oxygen atoms in total. The van der Waals surface area contributed by atoms with Crippen LogP contribution in [0, 0.1) is 20.8 Å². The van der Waals surface area contributed by atoms with Crippen LogP contribution in [-0.2, 0) is 9.84 Å². The van der Waals surface area contributed by atoms with Crippen molar-refractivity contribution in [2.75, 3.05) is 0 Å². The number of sulfone groups is 1. The maximum absolute atomic E-state index is 12.5. The SMILES string of the molecule is Cc1cc(C)c(S(=O)(=O)/C=C/C(=O)c2ccccc2)c(C)c1. The van der Waals surface area contributed by atoms with E-state index in [1.807, 2.05) is 19.1 Å². The molecule has 4 heteroatoms. The summed E-state index contributed by atoms with van der Waals surface area (Å²) in [5.41, 5.74) is 2.85. The maximum Gasteiger partial charge on any atom is 0.200 e. The normalized spacial score (nSPS) is 11.8. The lowest BCUT2D eigenvalue weighted by atomic mass is 10.1. The minimum atomic E-state index is -3.64. The Hall–Kier alpha value is -2.20. The molecule has 2 aromatic rings. The van der Waals surface area contributed by atoms with Gasteiger partial charge in [-0.25, -0.2) is 8.42 Å². The summed E-state index contributed by atoms with van der Waals surface area (Å²) < 4.78 is 25.0. The first-order valence-corrected chi connectivity index (χ1v) is 8.46. The van der Waals surface area contributed by atoms with Crippen LogP contribution in [0.25, 0.3) is 0 Å². The lowest BCUT2D eigenvalue weighted by molar-refractivity contribution is 0.104. The van der Waals surface area contributed by atoms with Crippen LogP contribution in [0.2, 0.25) is 0 Å². The molecule has 2 aromatic carbocycles. The Bertz CT molecular complexity index is 809. The molecule has 0 radical (unpaired) electrons. The van der Waals surface area contributed by atoms with Crippen LogP contribution in [0.1, 0.15) is 27.0 Å². The largest absolute Gasteiger partial charge is 0.289 e. The molecule has 0 amide bonds. The highest BCUT2D eigenvalue weighted by Crippen LogP contribution is 2.23. The molecule has 0 N–H and O–H groups in total. The average Bonchev–Trinajstić information content (AvgIpc) is 2.44. The zero-order chi connectivity index (χ0) is 16.3. The molecule has 0 saturated heterocycles. The van der Waals surface area contributed by atoms with E-state index in [0.717, 1.165) is 17.0 Å². The molecular weight excluding hydrogens is 296 g/mol. The van der Waals surface area contributed by atoms with Crippen molar-refractivity contribution in [2.45, 2.75) is 25.7 Å². The summed E-state index contributed by atoms with van der Waals surface area (Å²) in [4.78, 5) is 12.3. The number of ketones is 1. The Kier molecular flexibility index (Phi) is 4.62. The third-order valence-corrected chi connectivity index (χ3v) is 5.05. The summed E-state index contributed by atoms with van der Waals surface area (Å²) in [7, 11) is -3.64. The smallest absolute Gasteiger partial charge is 0.200 e. The van der Waals surface area contributed by atoms with Crippen molar-refractivity contribution in [3.8, 4) is 0 Å². The van der Waals surface area contributed by atoms with E-state index in [1.165, 1.54) is 0 Å². The molecule has 0 spiro atoms. The third kappa shape index (κ3) is 3.52. The van der Waals surface area contributed by atoms with E-state index >= 15 is 0 Å². The Morgan fingerprint density at radius 3 is 2.05 bits per heavy atom. The summed E-state index contributed by atoms with van der Waals surface area (Å²) in [6.07, 6.45) is 1.11. The third-order valence-electron chi connectivity index (χ3n) is 3.35. The number of benzene rings is 2. The first kappa shape index (κ1) is 16.2. The summed E-state index contributed by atoms with van der Waals surface area (Å²) in [5.74, 6) is -0.327. The van der Waals surface area contributed by atoms with E-state index in [2.05, 4.69) is 0 Å². The van der Waals surface area contributed by atoms with Crippen molar-refractivity contribution in [3.63, 3.8) is 0 Å². The first-order chi connectivity index (χ1) is 10.3. The van der Waals surface area contributed by atoms with Crippen LogP contribution in [0.4, 0.5) is 0 Å². The molecular formula is C18H18O3S. The zero-order valence-electron chi connectivity index (χ0n) is 12.8. The van der Waals surface area contributed by atoms with Gasteiger partial charge in [-0.3, -0.25) is 4.79 Å². The van der Waals surface area contributed by atoms with Gasteiger partial charge in [0.15, 0.2) is 15.6 Å². The van der Waals surface area contributed by atoms with Crippen molar-refractivity contribution in [1.29, 1.82) is 0 Å². The molecule has 0 aromatic heterocycles. The van der Waals surface area contributed by atoms with Crippen LogP contribution in [0.3, 0.4) is 0 Å². The highest BCUT2D eigenvalue weighted by molar-refractivity contribution is 7.94. The van der Waals surface area contributed by atoms with Gasteiger partial charge in [0, 0.05) is 11.0 Å².